The van der Waals surface area contributed by atoms with Gasteiger partial charge in [-0.15, -0.1) is 0 Å². The Morgan fingerprint density at radius 3 is 2.89 bits per heavy atom. The summed E-state index contributed by atoms with van der Waals surface area (Å²) in [6.07, 6.45) is 2.24. The molecule has 0 aromatic carbocycles. The number of nitrogens with one attached hydrogen (secondary N) is 1. The van der Waals surface area contributed by atoms with Crippen molar-refractivity contribution in [2.45, 2.75) is 19.4 Å². The molecule has 1 unspecified atom stereocenters. The summed E-state index contributed by atoms with van der Waals surface area (Å²) in [6.45, 7) is 1.40. The van der Waals surface area contributed by atoms with Crippen LogP contribution < -0.4 is 10.1 Å². The standard InChI is InChI=1S/C11H16N2O5S/c1-7-5-10(13-18-7)17-6-9(14)12-8(11(15)16)3-4-19-2/h5,8H,3-4,6H2,1-2H3,(H,12,14)(H,15,16). The monoisotopic (exact) mass is 288 g/mol. The smallest absolute Gasteiger partial charge is 0.326 e. The van der Waals surface area contributed by atoms with Gasteiger partial charge in [0, 0.05) is 6.07 Å². The number of hydrogen-bond donors (Lipinski definition) is 2. The number of carbonyl (C=O) groups excluding carboxylic acids is 1. The number of thioether (sulfide) groups is 1. The Labute approximate surface area is 114 Å². The van der Waals surface area contributed by atoms with E-state index in [0.717, 1.165) is 0 Å². The fraction of sp³-hybridized carbons (Fsp3) is 0.545. The molecular formula is C11H16N2O5S. The minimum absolute atomic E-state index is 0.198. The Hall–Kier alpha value is -1.70. The predicted molar refractivity (Wildman–Crippen MR) is 69.3 cm³/mol. The summed E-state index contributed by atoms with van der Waals surface area (Å²) in [6, 6.07) is 0.637. The summed E-state index contributed by atoms with van der Waals surface area (Å²) in [5.74, 6) is -0.142. The van der Waals surface area contributed by atoms with Crippen LogP contribution in [0.15, 0.2) is 10.6 Å². The minimum atomic E-state index is -1.06. The maximum atomic E-state index is 11.5. The van der Waals surface area contributed by atoms with Crippen LogP contribution in [0.2, 0.25) is 0 Å². The molecular weight excluding hydrogens is 272 g/mol. The second-order valence-electron chi connectivity index (χ2n) is 3.80. The van der Waals surface area contributed by atoms with Gasteiger partial charge in [-0.1, -0.05) is 0 Å². The van der Waals surface area contributed by atoms with Crippen LogP contribution in [0.5, 0.6) is 5.88 Å². The molecule has 0 saturated heterocycles. The maximum absolute atomic E-state index is 11.5. The Balaban J connectivity index is 2.37. The third-order valence-corrected chi connectivity index (χ3v) is 2.85. The molecule has 1 atom stereocenters. The third-order valence-electron chi connectivity index (χ3n) is 2.20. The average molecular weight is 288 g/mol. The lowest BCUT2D eigenvalue weighted by molar-refractivity contribution is -0.142. The quantitative estimate of drug-likeness (QED) is 0.725. The first-order chi connectivity index (χ1) is 9.02. The van der Waals surface area contributed by atoms with Gasteiger partial charge in [0.2, 0.25) is 0 Å². The highest BCUT2D eigenvalue weighted by Crippen LogP contribution is 2.09. The van der Waals surface area contributed by atoms with E-state index in [9.17, 15) is 9.59 Å². The molecule has 1 rings (SSSR count). The van der Waals surface area contributed by atoms with E-state index in [1.54, 1.807) is 6.92 Å². The van der Waals surface area contributed by atoms with Crippen LogP contribution in [0, 0.1) is 6.92 Å². The molecule has 2 N–H and O–H groups in total. The number of hydrogen-bond acceptors (Lipinski definition) is 6. The lowest BCUT2D eigenvalue weighted by atomic mass is 10.2. The number of aliphatic carboxylic acids is 1. The van der Waals surface area contributed by atoms with E-state index in [4.69, 9.17) is 14.4 Å². The maximum Gasteiger partial charge on any atom is 0.326 e. The molecule has 1 aromatic heterocycles. The van der Waals surface area contributed by atoms with Crippen LogP contribution >= 0.6 is 11.8 Å². The van der Waals surface area contributed by atoms with Gasteiger partial charge in [-0.05, 0) is 30.5 Å². The number of aryl methyl sites for hydroxylation is 1. The summed E-state index contributed by atoms with van der Waals surface area (Å²) in [5, 5.41) is 14.9. The molecule has 0 bridgehead atoms. The third kappa shape index (κ3) is 5.64. The summed E-state index contributed by atoms with van der Waals surface area (Å²) >= 11 is 1.52. The van der Waals surface area contributed by atoms with E-state index in [0.29, 0.717) is 17.9 Å². The van der Waals surface area contributed by atoms with Gasteiger partial charge in [0.1, 0.15) is 11.8 Å². The number of carboxylic acids is 1. The molecule has 0 aliphatic carbocycles. The number of carboxylic acid groups (broad SMARTS) is 1. The molecule has 0 aliphatic heterocycles. The molecule has 1 heterocycles. The summed E-state index contributed by atoms with van der Waals surface area (Å²) < 4.78 is 9.82. The van der Waals surface area contributed by atoms with Gasteiger partial charge >= 0.3 is 5.97 Å². The molecule has 0 fully saturated rings. The zero-order valence-corrected chi connectivity index (χ0v) is 11.5. The van der Waals surface area contributed by atoms with E-state index in [1.165, 1.54) is 17.8 Å². The van der Waals surface area contributed by atoms with Gasteiger partial charge in [0.15, 0.2) is 6.61 Å². The molecule has 0 spiro atoms. The zero-order valence-electron chi connectivity index (χ0n) is 10.7. The number of amides is 1. The lowest BCUT2D eigenvalue weighted by Crippen LogP contribution is -2.43. The van der Waals surface area contributed by atoms with Crippen LogP contribution in [-0.2, 0) is 9.59 Å². The zero-order chi connectivity index (χ0) is 14.3. The van der Waals surface area contributed by atoms with Crippen LogP contribution in [0.25, 0.3) is 0 Å². The van der Waals surface area contributed by atoms with Crippen molar-refractivity contribution in [3.63, 3.8) is 0 Å². The van der Waals surface area contributed by atoms with E-state index in [2.05, 4.69) is 10.5 Å². The van der Waals surface area contributed by atoms with Gasteiger partial charge in [-0.25, -0.2) is 4.79 Å². The van der Waals surface area contributed by atoms with Crippen molar-refractivity contribution in [3.8, 4) is 5.88 Å². The van der Waals surface area contributed by atoms with Gasteiger partial charge in [-0.3, -0.25) is 4.79 Å². The first-order valence-electron chi connectivity index (χ1n) is 5.60. The molecule has 0 radical (unpaired) electrons. The Bertz CT molecular complexity index is 434. The highest BCUT2D eigenvalue weighted by atomic mass is 32.2. The van der Waals surface area contributed by atoms with Crippen molar-refractivity contribution in [2.75, 3.05) is 18.6 Å². The van der Waals surface area contributed by atoms with E-state index < -0.39 is 17.9 Å². The largest absolute Gasteiger partial charge is 0.480 e. The van der Waals surface area contributed by atoms with Gasteiger partial charge in [0.25, 0.3) is 11.8 Å². The summed E-state index contributed by atoms with van der Waals surface area (Å²) in [5.41, 5.74) is 0. The van der Waals surface area contributed by atoms with Crippen LogP contribution in [0.3, 0.4) is 0 Å². The Kier molecular flexibility index (Phi) is 6.20. The molecule has 106 valence electrons. The molecule has 1 aromatic rings. The van der Waals surface area contributed by atoms with Crippen molar-refractivity contribution < 1.29 is 24.0 Å². The first kappa shape index (κ1) is 15.4. The van der Waals surface area contributed by atoms with Crippen molar-refractivity contribution in [1.29, 1.82) is 0 Å². The second-order valence-corrected chi connectivity index (χ2v) is 4.79. The van der Waals surface area contributed by atoms with Gasteiger partial charge in [-0.2, -0.15) is 11.8 Å². The molecule has 0 aliphatic rings. The van der Waals surface area contributed by atoms with E-state index in [1.807, 2.05) is 6.26 Å². The van der Waals surface area contributed by atoms with Crippen molar-refractivity contribution in [3.05, 3.63) is 11.8 Å². The highest BCUT2D eigenvalue weighted by Gasteiger charge is 2.19. The van der Waals surface area contributed by atoms with Crippen LogP contribution in [0.1, 0.15) is 12.2 Å². The van der Waals surface area contributed by atoms with Gasteiger partial charge < -0.3 is 19.7 Å². The first-order valence-corrected chi connectivity index (χ1v) is 6.99. The number of nitrogens with zero attached hydrogens (tertiary/aromatic N) is 1. The number of rotatable bonds is 8. The average Bonchev–Trinajstić information content (AvgIpc) is 2.77. The summed E-state index contributed by atoms with van der Waals surface area (Å²) in [7, 11) is 0. The molecule has 7 nitrogen and oxygen atoms in total. The second kappa shape index (κ2) is 7.67. The predicted octanol–water partition coefficient (Wildman–Crippen LogP) is 0.684. The summed E-state index contributed by atoms with van der Waals surface area (Å²) in [4.78, 5) is 22.5. The molecule has 8 heteroatoms. The SMILES string of the molecule is CSCCC(NC(=O)COc1cc(C)on1)C(=O)O. The van der Waals surface area contributed by atoms with E-state index in [-0.39, 0.29) is 12.5 Å². The van der Waals surface area contributed by atoms with Crippen molar-refractivity contribution in [1.82, 2.24) is 10.5 Å². The van der Waals surface area contributed by atoms with Crippen molar-refractivity contribution in [2.24, 2.45) is 0 Å². The van der Waals surface area contributed by atoms with Crippen LogP contribution in [-0.4, -0.2) is 46.8 Å². The van der Waals surface area contributed by atoms with Crippen LogP contribution in [0.4, 0.5) is 0 Å². The minimum Gasteiger partial charge on any atom is -0.480 e. The normalized spacial score (nSPS) is 11.9. The molecule has 0 saturated carbocycles. The van der Waals surface area contributed by atoms with Gasteiger partial charge in [0.05, 0.1) is 0 Å². The highest BCUT2D eigenvalue weighted by molar-refractivity contribution is 7.98. The van der Waals surface area contributed by atoms with Crippen molar-refractivity contribution >= 4 is 23.6 Å². The molecule has 19 heavy (non-hydrogen) atoms. The fourth-order valence-electron chi connectivity index (χ4n) is 1.28. The number of carbonyl (C=O) groups is 2. The fourth-order valence-corrected chi connectivity index (χ4v) is 1.75. The lowest BCUT2D eigenvalue weighted by Gasteiger charge is -2.13. The molecule has 1 amide bonds. The van der Waals surface area contributed by atoms with E-state index >= 15 is 0 Å². The number of aromatic nitrogens is 1. The number of ether oxygens (including phenoxy) is 1. The topological polar surface area (TPSA) is 102 Å². The Morgan fingerprint density at radius 1 is 1.63 bits per heavy atom. The Morgan fingerprint density at radius 2 is 2.37 bits per heavy atom.